The smallest absolute Gasteiger partial charge is 0.355 e. The first-order valence-corrected chi connectivity index (χ1v) is 8.93. The minimum absolute atomic E-state index is 0. The van der Waals surface area contributed by atoms with E-state index < -0.39 is 0 Å². The maximum Gasteiger partial charge on any atom is 0.355 e. The van der Waals surface area contributed by atoms with Crippen LogP contribution in [-0.2, 0) is 13.6 Å². The highest BCUT2D eigenvalue weighted by atomic mass is 79.9. The first-order chi connectivity index (χ1) is 11.5. The number of nitrogens with zero attached hydrogens (tertiary/aromatic N) is 2. The van der Waals surface area contributed by atoms with E-state index in [-0.39, 0.29) is 29.3 Å². The fourth-order valence-corrected chi connectivity index (χ4v) is 3.20. The van der Waals surface area contributed by atoms with Gasteiger partial charge in [0.2, 0.25) is 0 Å². The van der Waals surface area contributed by atoms with Gasteiger partial charge in [0.25, 0.3) is 0 Å². The Bertz CT molecular complexity index is 904. The standard InChI is InChI=1S/C18H15Br2N3O.BrH/c1-22-16(13-3-2-4-15(20)9-13)10-23(18(22)21)11-17(24)12-5-7-14(19)8-6-12;/h2-10,21H,11H2,1H3;1H. The van der Waals surface area contributed by atoms with Crippen LogP contribution < -0.4 is 27.3 Å². The van der Waals surface area contributed by atoms with Gasteiger partial charge in [-0.3, -0.25) is 10.5 Å². The first-order valence-electron chi connectivity index (χ1n) is 7.35. The average Bonchev–Trinajstić information content (AvgIpc) is 2.84. The number of anilines is 1. The normalized spacial score (nSPS) is 10.4. The van der Waals surface area contributed by atoms with Gasteiger partial charge in [0.05, 0.1) is 7.05 Å². The summed E-state index contributed by atoms with van der Waals surface area (Å²) in [7, 11) is 1.90. The molecule has 3 aromatic rings. The molecule has 0 saturated carbocycles. The molecule has 0 unspecified atom stereocenters. The van der Waals surface area contributed by atoms with Gasteiger partial charge in [0.15, 0.2) is 5.78 Å². The highest BCUT2D eigenvalue weighted by Gasteiger charge is 2.20. The molecule has 0 spiro atoms. The molecule has 7 heteroatoms. The van der Waals surface area contributed by atoms with Gasteiger partial charge < -0.3 is 17.0 Å². The number of hydrogen-bond donors (Lipinski definition) is 1. The minimum atomic E-state index is 0. The van der Waals surface area contributed by atoms with Gasteiger partial charge in [-0.05, 0) is 24.3 Å². The van der Waals surface area contributed by atoms with Crippen molar-refractivity contribution in [3.63, 3.8) is 0 Å². The molecule has 0 aliphatic heterocycles. The lowest BCUT2D eigenvalue weighted by Crippen LogP contribution is -3.00. The van der Waals surface area contributed by atoms with Gasteiger partial charge in [0, 0.05) is 20.1 Å². The second-order valence-corrected chi connectivity index (χ2v) is 7.33. The molecule has 3 rings (SSSR count). The average molecular weight is 530 g/mol. The number of aromatic nitrogens is 2. The van der Waals surface area contributed by atoms with E-state index in [2.05, 4.69) is 31.9 Å². The Kier molecular flexibility index (Phi) is 6.59. The maximum atomic E-state index is 12.5. The summed E-state index contributed by atoms with van der Waals surface area (Å²) in [5, 5.41) is 0. The predicted molar refractivity (Wildman–Crippen MR) is 102 cm³/mol. The van der Waals surface area contributed by atoms with Crippen LogP contribution in [0, 0.1) is 0 Å². The second kappa shape index (κ2) is 8.29. The van der Waals surface area contributed by atoms with E-state index in [1.807, 2.05) is 54.2 Å². The fourth-order valence-electron chi connectivity index (χ4n) is 2.54. The van der Waals surface area contributed by atoms with Crippen LogP contribution in [0.4, 0.5) is 5.95 Å². The van der Waals surface area contributed by atoms with Crippen LogP contribution in [0.5, 0.6) is 0 Å². The van der Waals surface area contributed by atoms with E-state index in [1.54, 1.807) is 16.7 Å². The molecule has 0 bridgehead atoms. The largest absolute Gasteiger partial charge is 1.00 e. The monoisotopic (exact) mass is 527 g/mol. The number of imidazole rings is 1. The molecule has 2 N–H and O–H groups in total. The number of hydrogen-bond acceptors (Lipinski definition) is 2. The van der Waals surface area contributed by atoms with E-state index in [0.717, 1.165) is 20.2 Å². The molecule has 0 atom stereocenters. The number of rotatable bonds is 4. The van der Waals surface area contributed by atoms with Crippen LogP contribution in [0.2, 0.25) is 0 Å². The van der Waals surface area contributed by atoms with Crippen molar-refractivity contribution >= 4 is 43.6 Å². The molecule has 0 saturated heterocycles. The summed E-state index contributed by atoms with van der Waals surface area (Å²) in [6.45, 7) is 0.204. The Morgan fingerprint density at radius 3 is 2.44 bits per heavy atom. The van der Waals surface area contributed by atoms with Crippen LogP contribution in [0.25, 0.3) is 11.3 Å². The molecule has 1 aromatic heterocycles. The number of ketones is 1. The van der Waals surface area contributed by atoms with Crippen LogP contribution >= 0.6 is 31.9 Å². The van der Waals surface area contributed by atoms with Crippen molar-refractivity contribution in [1.82, 2.24) is 4.57 Å². The summed E-state index contributed by atoms with van der Waals surface area (Å²) in [6, 6.07) is 15.3. The summed E-state index contributed by atoms with van der Waals surface area (Å²) in [6.07, 6.45) is 1.91. The molecule has 0 aliphatic carbocycles. The number of carbonyl (C=O) groups excluding carboxylic acids is 1. The lowest BCUT2D eigenvalue weighted by Gasteiger charge is -2.00. The molecule has 4 nitrogen and oxygen atoms in total. The molecule has 0 radical (unpaired) electrons. The van der Waals surface area contributed by atoms with E-state index in [0.29, 0.717) is 11.5 Å². The Morgan fingerprint density at radius 2 is 1.80 bits per heavy atom. The van der Waals surface area contributed by atoms with E-state index >= 15 is 0 Å². The number of nitrogens with two attached hydrogens (primary N) is 1. The Hall–Kier alpha value is -1.44. The van der Waals surface area contributed by atoms with Crippen molar-refractivity contribution in [2.45, 2.75) is 6.54 Å². The van der Waals surface area contributed by atoms with Crippen molar-refractivity contribution in [2.24, 2.45) is 7.05 Å². The Balaban J connectivity index is 0.00000225. The third kappa shape index (κ3) is 4.40. The fraction of sp³-hybridized carbons (Fsp3) is 0.111. The van der Waals surface area contributed by atoms with Crippen molar-refractivity contribution < 1.29 is 26.3 Å². The summed E-state index contributed by atoms with van der Waals surface area (Å²) < 4.78 is 5.61. The van der Waals surface area contributed by atoms with E-state index in [9.17, 15) is 4.79 Å². The Morgan fingerprint density at radius 1 is 1.12 bits per heavy atom. The minimum Gasteiger partial charge on any atom is -1.00 e. The van der Waals surface area contributed by atoms with Gasteiger partial charge in [-0.15, -0.1) is 0 Å². The summed E-state index contributed by atoms with van der Waals surface area (Å²) in [5.41, 5.74) is 8.84. The van der Waals surface area contributed by atoms with Gasteiger partial charge in [0.1, 0.15) is 18.4 Å². The second-order valence-electron chi connectivity index (χ2n) is 5.50. The molecule has 130 valence electrons. The van der Waals surface area contributed by atoms with Crippen LogP contribution in [0.15, 0.2) is 63.7 Å². The van der Waals surface area contributed by atoms with Crippen molar-refractivity contribution in [2.75, 3.05) is 5.73 Å². The third-order valence-corrected chi connectivity index (χ3v) is 4.90. The summed E-state index contributed by atoms with van der Waals surface area (Å²) in [5.74, 6) is 0.557. The quantitative estimate of drug-likeness (QED) is 0.405. The SMILES string of the molecule is Cn1c(-c2cccc(Br)c2)c[n+](CC(=O)c2ccc(Br)cc2)c1N.[Br-]. The van der Waals surface area contributed by atoms with Crippen molar-refractivity contribution in [3.05, 3.63) is 69.2 Å². The molecule has 0 aliphatic rings. The highest BCUT2D eigenvalue weighted by molar-refractivity contribution is 9.10. The van der Waals surface area contributed by atoms with E-state index in [1.165, 1.54) is 0 Å². The van der Waals surface area contributed by atoms with Gasteiger partial charge in [-0.1, -0.05) is 56.1 Å². The molecule has 2 aromatic carbocycles. The van der Waals surface area contributed by atoms with Gasteiger partial charge >= 0.3 is 5.95 Å². The number of Topliss-reactive ketones (excluding diaryl/α,β-unsaturated/α-hetero) is 1. The maximum absolute atomic E-state index is 12.5. The molecule has 0 amide bonds. The topological polar surface area (TPSA) is 51.9 Å². The number of halogens is 3. The lowest BCUT2D eigenvalue weighted by atomic mass is 10.1. The number of carbonyl (C=O) groups is 1. The molecular formula is C18H16Br3N3O. The number of benzene rings is 2. The van der Waals surface area contributed by atoms with Gasteiger partial charge in [-0.2, -0.15) is 0 Å². The zero-order valence-corrected chi connectivity index (χ0v) is 18.2. The zero-order chi connectivity index (χ0) is 17.3. The van der Waals surface area contributed by atoms with E-state index in [4.69, 9.17) is 5.73 Å². The molecule has 0 fully saturated rings. The van der Waals surface area contributed by atoms with Crippen LogP contribution in [-0.4, -0.2) is 10.4 Å². The third-order valence-electron chi connectivity index (χ3n) is 3.88. The predicted octanol–water partition coefficient (Wildman–Crippen LogP) is 0.974. The molecule has 25 heavy (non-hydrogen) atoms. The molecule has 1 heterocycles. The molecular weight excluding hydrogens is 514 g/mol. The zero-order valence-electron chi connectivity index (χ0n) is 13.4. The lowest BCUT2D eigenvalue weighted by molar-refractivity contribution is -0.667. The highest BCUT2D eigenvalue weighted by Crippen LogP contribution is 2.23. The van der Waals surface area contributed by atoms with Crippen molar-refractivity contribution in [1.29, 1.82) is 0 Å². The van der Waals surface area contributed by atoms with Gasteiger partial charge in [-0.25, -0.2) is 9.13 Å². The van der Waals surface area contributed by atoms with Crippen molar-refractivity contribution in [3.8, 4) is 11.3 Å². The number of nitrogen functional groups attached to an aromatic ring is 1. The van der Waals surface area contributed by atoms with Crippen LogP contribution in [0.1, 0.15) is 10.4 Å². The summed E-state index contributed by atoms with van der Waals surface area (Å²) in [4.78, 5) is 12.5. The van der Waals surface area contributed by atoms with Crippen LogP contribution in [0.3, 0.4) is 0 Å². The Labute approximate surface area is 173 Å². The first kappa shape index (κ1) is 19.9. The summed E-state index contributed by atoms with van der Waals surface area (Å²) >= 11 is 6.85.